The molecule has 0 bridgehead atoms. The predicted octanol–water partition coefficient (Wildman–Crippen LogP) is 15.7. The molecule has 1 aromatic carbocycles. The van der Waals surface area contributed by atoms with Gasteiger partial charge in [0.25, 0.3) is 5.91 Å². The van der Waals surface area contributed by atoms with Crippen molar-refractivity contribution in [3.8, 4) is 0 Å². The maximum atomic E-state index is 15.8. The van der Waals surface area contributed by atoms with Crippen LogP contribution in [0.3, 0.4) is 0 Å². The molecule has 0 aliphatic carbocycles. The van der Waals surface area contributed by atoms with Crippen LogP contribution in [-0.4, -0.2) is 85.0 Å². The van der Waals surface area contributed by atoms with Crippen LogP contribution in [-0.2, 0) is 49.4 Å². The number of rotatable bonds is 48. The quantitative estimate of drug-likeness (QED) is 0.0277. The highest BCUT2D eigenvalue weighted by Crippen LogP contribution is 2.30. The number of benzene rings is 1. The fraction of sp³-hybridized carbons (Fsp3) is 0.803. The molecule has 2 N–H and O–H groups in total. The van der Waals surface area contributed by atoms with Crippen LogP contribution in [0.2, 0.25) is 0 Å². The van der Waals surface area contributed by atoms with Gasteiger partial charge in [0.2, 0.25) is 0 Å². The van der Waals surface area contributed by atoms with Crippen LogP contribution in [0.15, 0.2) is 43.0 Å². The first-order chi connectivity index (χ1) is 36.4. The molecular weight excluding hydrogens is 961 g/mol. The van der Waals surface area contributed by atoms with E-state index in [-0.39, 0.29) is 32.5 Å². The van der Waals surface area contributed by atoms with E-state index in [1.807, 2.05) is 6.07 Å². The first-order valence-corrected chi connectivity index (χ1v) is 29.9. The van der Waals surface area contributed by atoms with Gasteiger partial charge in [-0.15, -0.1) is 6.58 Å². The van der Waals surface area contributed by atoms with E-state index in [1.165, 1.54) is 96.3 Å². The fourth-order valence-corrected chi connectivity index (χ4v) is 9.48. The summed E-state index contributed by atoms with van der Waals surface area (Å²) >= 11 is 0. The molecule has 0 radical (unpaired) electrons. The standard InChI is InChI=1S/C61H103F2NO11/c1-5-9-13-16-19-22-24-26-29-32-38-44-53(65)73-51(43-37-31-28-25-21-18-15-11-7-3)47-54(66)75-57-55(64-59(68)61(62,63)45-39-33-30-27-23-20-17-14-10-6-2)58(70-46-40-12-8-4)74-52(56(57)67)49-72-60(69)71-48-50-41-35-34-36-42-50/h8,34-36,41-42,51-52,55-58,67H,4-7,9-33,37-40,43-49H2,1-3H3,(H,64,68)/t51-,52-,55-,56-,57-,58-/m1/s1. The molecule has 0 spiro atoms. The molecule has 14 heteroatoms. The zero-order valence-electron chi connectivity index (χ0n) is 47.0. The van der Waals surface area contributed by atoms with Crippen molar-refractivity contribution >= 4 is 24.0 Å². The van der Waals surface area contributed by atoms with Crippen LogP contribution < -0.4 is 5.32 Å². The molecule has 0 saturated carbocycles. The number of carbonyl (C=O) groups is 4. The monoisotopic (exact) mass is 1060 g/mol. The van der Waals surface area contributed by atoms with Gasteiger partial charge in [-0.05, 0) is 44.1 Å². The number of amides is 1. The average molecular weight is 1060 g/mol. The highest BCUT2D eigenvalue weighted by molar-refractivity contribution is 5.83. The summed E-state index contributed by atoms with van der Waals surface area (Å²) in [6.07, 6.45) is 25.3. The third-order valence-corrected chi connectivity index (χ3v) is 14.1. The number of hydrogen-bond donors (Lipinski definition) is 2. The van der Waals surface area contributed by atoms with E-state index < -0.39 is 79.7 Å². The minimum atomic E-state index is -3.81. The number of alkyl halides is 2. The second kappa shape index (κ2) is 44.4. The van der Waals surface area contributed by atoms with Crippen LogP contribution >= 0.6 is 0 Å². The minimum Gasteiger partial charge on any atom is -0.462 e. The summed E-state index contributed by atoms with van der Waals surface area (Å²) in [6.45, 7) is 9.67. The molecule has 1 heterocycles. The van der Waals surface area contributed by atoms with E-state index in [9.17, 15) is 24.3 Å². The Bertz CT molecular complexity index is 1600. The van der Waals surface area contributed by atoms with Crippen molar-refractivity contribution in [3.63, 3.8) is 0 Å². The van der Waals surface area contributed by atoms with Crippen molar-refractivity contribution < 1.29 is 61.5 Å². The van der Waals surface area contributed by atoms with Gasteiger partial charge >= 0.3 is 24.0 Å². The Balaban J connectivity index is 2.26. The number of esters is 2. The van der Waals surface area contributed by atoms with Crippen molar-refractivity contribution in [2.75, 3.05) is 13.2 Å². The highest BCUT2D eigenvalue weighted by Gasteiger charge is 2.51. The predicted molar refractivity (Wildman–Crippen MR) is 293 cm³/mol. The lowest BCUT2D eigenvalue weighted by molar-refractivity contribution is -0.275. The largest absolute Gasteiger partial charge is 0.508 e. The lowest BCUT2D eigenvalue weighted by Crippen LogP contribution is -2.67. The Labute approximate surface area is 452 Å². The van der Waals surface area contributed by atoms with E-state index in [4.69, 9.17) is 28.4 Å². The topological polar surface area (TPSA) is 156 Å². The lowest BCUT2D eigenvalue weighted by atomic mass is 9.95. The van der Waals surface area contributed by atoms with Gasteiger partial charge in [-0.1, -0.05) is 231 Å². The highest BCUT2D eigenvalue weighted by atomic mass is 19.3. The molecule has 2 rings (SSSR count). The molecule has 432 valence electrons. The Hall–Kier alpha value is -3.62. The molecule has 1 saturated heterocycles. The molecule has 1 amide bonds. The molecular formula is C61H103F2NO11. The summed E-state index contributed by atoms with van der Waals surface area (Å²) < 4.78 is 66.2. The van der Waals surface area contributed by atoms with Crippen LogP contribution in [0.25, 0.3) is 0 Å². The van der Waals surface area contributed by atoms with Crippen LogP contribution in [0, 0.1) is 0 Å². The van der Waals surface area contributed by atoms with E-state index >= 15 is 8.78 Å². The van der Waals surface area contributed by atoms with E-state index in [2.05, 4.69) is 32.7 Å². The SMILES string of the molecule is C=CCCCO[C@@H]1O[C@H](COC(=O)OCc2ccccc2)[C@@H](O)[C@H](OC(=O)C[C@@H](CCCCCCCCCCC)OC(=O)CCCCCCCCCCCCC)[C@H]1NC(=O)C(F)(F)CCCCCCCCCCCC. The average Bonchev–Trinajstić information content (AvgIpc) is 3.39. The summed E-state index contributed by atoms with van der Waals surface area (Å²) in [7, 11) is 0. The molecule has 0 aromatic heterocycles. The van der Waals surface area contributed by atoms with Gasteiger partial charge in [0.15, 0.2) is 12.4 Å². The summed E-state index contributed by atoms with van der Waals surface area (Å²) in [4.78, 5) is 53.8. The number of hydrogen-bond acceptors (Lipinski definition) is 11. The van der Waals surface area contributed by atoms with Crippen molar-refractivity contribution in [2.45, 2.75) is 301 Å². The van der Waals surface area contributed by atoms with Crippen LogP contribution in [0.4, 0.5) is 13.6 Å². The van der Waals surface area contributed by atoms with Gasteiger partial charge in [-0.2, -0.15) is 8.78 Å². The van der Waals surface area contributed by atoms with Gasteiger partial charge in [-0.3, -0.25) is 14.4 Å². The number of aliphatic hydroxyl groups excluding tert-OH is 1. The van der Waals surface area contributed by atoms with E-state index in [0.29, 0.717) is 44.1 Å². The van der Waals surface area contributed by atoms with Gasteiger partial charge in [-0.25, -0.2) is 4.79 Å². The second-order valence-electron chi connectivity index (χ2n) is 21.0. The van der Waals surface area contributed by atoms with Crippen molar-refractivity contribution in [1.29, 1.82) is 0 Å². The molecule has 12 nitrogen and oxygen atoms in total. The summed E-state index contributed by atoms with van der Waals surface area (Å²) in [5.74, 6) is -6.73. The Morgan fingerprint density at radius 2 is 1.19 bits per heavy atom. The molecule has 1 aliphatic heterocycles. The first-order valence-electron chi connectivity index (χ1n) is 29.9. The van der Waals surface area contributed by atoms with Gasteiger partial charge in [0.1, 0.15) is 37.6 Å². The zero-order valence-corrected chi connectivity index (χ0v) is 47.0. The number of carbonyl (C=O) groups excluding carboxylic acids is 4. The third-order valence-electron chi connectivity index (χ3n) is 14.1. The second-order valence-corrected chi connectivity index (χ2v) is 21.0. The van der Waals surface area contributed by atoms with Gasteiger partial charge in [0, 0.05) is 12.8 Å². The van der Waals surface area contributed by atoms with Gasteiger partial charge in [0.05, 0.1) is 13.0 Å². The number of halogens is 2. The molecule has 1 aromatic rings. The van der Waals surface area contributed by atoms with E-state index in [0.717, 1.165) is 70.6 Å². The maximum absolute atomic E-state index is 15.8. The van der Waals surface area contributed by atoms with Crippen molar-refractivity contribution in [2.24, 2.45) is 0 Å². The van der Waals surface area contributed by atoms with Crippen molar-refractivity contribution in [3.05, 3.63) is 48.6 Å². The fourth-order valence-electron chi connectivity index (χ4n) is 9.48. The zero-order chi connectivity index (χ0) is 54.6. The Morgan fingerprint density at radius 1 is 0.680 bits per heavy atom. The Kier molecular flexibility index (Phi) is 39.9. The molecule has 1 fully saturated rings. The molecule has 6 atom stereocenters. The number of ether oxygens (including phenoxy) is 6. The summed E-state index contributed by atoms with van der Waals surface area (Å²) in [5.41, 5.74) is 0.711. The molecule has 0 unspecified atom stereocenters. The third kappa shape index (κ3) is 33.3. The lowest BCUT2D eigenvalue weighted by Gasteiger charge is -2.44. The smallest absolute Gasteiger partial charge is 0.462 e. The maximum Gasteiger partial charge on any atom is 0.508 e. The first kappa shape index (κ1) is 67.5. The van der Waals surface area contributed by atoms with Crippen LogP contribution in [0.5, 0.6) is 0 Å². The number of allylic oxidation sites excluding steroid dienone is 1. The number of unbranched alkanes of at least 4 members (excludes halogenated alkanes) is 28. The van der Waals surface area contributed by atoms with Crippen molar-refractivity contribution in [1.82, 2.24) is 5.32 Å². The number of aliphatic hydroxyl groups is 1. The summed E-state index contributed by atoms with van der Waals surface area (Å²) in [5, 5.41) is 14.2. The normalized spacial score (nSPS) is 18.0. The molecule has 1 aliphatic rings. The minimum absolute atomic E-state index is 0.0252. The van der Waals surface area contributed by atoms with E-state index in [1.54, 1.807) is 30.3 Å². The Morgan fingerprint density at radius 3 is 1.72 bits per heavy atom. The number of nitrogens with one attached hydrogen (secondary N) is 1. The van der Waals surface area contributed by atoms with Gasteiger partial charge < -0.3 is 38.8 Å². The molecule has 75 heavy (non-hydrogen) atoms. The van der Waals surface area contributed by atoms with Crippen LogP contribution in [0.1, 0.15) is 257 Å². The summed E-state index contributed by atoms with van der Waals surface area (Å²) in [6, 6.07) is 7.33.